The van der Waals surface area contributed by atoms with Crippen molar-refractivity contribution in [3.05, 3.63) is 23.9 Å². The number of aromatic nitrogens is 1. The predicted molar refractivity (Wildman–Crippen MR) is 86.4 cm³/mol. The minimum absolute atomic E-state index is 0.718. The van der Waals surface area contributed by atoms with E-state index in [2.05, 4.69) is 26.9 Å². The Kier molecular flexibility index (Phi) is 6.42. The Balaban J connectivity index is 1.82. The molecule has 0 atom stereocenters. The summed E-state index contributed by atoms with van der Waals surface area (Å²) in [5.74, 6) is 1.72. The molecule has 0 amide bonds. The van der Waals surface area contributed by atoms with Gasteiger partial charge in [0.15, 0.2) is 0 Å². The molecule has 1 aromatic rings. The molecular formula is C16H28N4O. The first-order valence-electron chi connectivity index (χ1n) is 7.80. The van der Waals surface area contributed by atoms with Crippen molar-refractivity contribution in [2.75, 3.05) is 51.8 Å². The number of piperidine rings is 1. The third-order valence-corrected chi connectivity index (χ3v) is 4.28. The van der Waals surface area contributed by atoms with Crippen LogP contribution in [0.15, 0.2) is 18.3 Å². The lowest BCUT2D eigenvalue weighted by atomic mass is 9.97. The van der Waals surface area contributed by atoms with Gasteiger partial charge in [0.2, 0.25) is 0 Å². The monoisotopic (exact) mass is 292 g/mol. The number of rotatable bonds is 7. The lowest BCUT2D eigenvalue weighted by Gasteiger charge is -2.31. The van der Waals surface area contributed by atoms with Crippen molar-refractivity contribution < 1.29 is 4.74 Å². The molecule has 0 unspecified atom stereocenters. The topological polar surface area (TPSA) is 54.6 Å². The van der Waals surface area contributed by atoms with Gasteiger partial charge >= 0.3 is 0 Å². The van der Waals surface area contributed by atoms with Crippen LogP contribution >= 0.6 is 0 Å². The molecule has 5 nitrogen and oxygen atoms in total. The first-order valence-corrected chi connectivity index (χ1v) is 7.80. The maximum Gasteiger partial charge on any atom is 0.128 e. The van der Waals surface area contributed by atoms with E-state index in [1.165, 1.54) is 18.4 Å². The molecule has 0 aliphatic carbocycles. The van der Waals surface area contributed by atoms with Crippen molar-refractivity contribution in [1.82, 2.24) is 9.88 Å². The van der Waals surface area contributed by atoms with Crippen LogP contribution in [0.1, 0.15) is 18.4 Å². The van der Waals surface area contributed by atoms with E-state index in [4.69, 9.17) is 10.5 Å². The summed E-state index contributed by atoms with van der Waals surface area (Å²) in [6, 6.07) is 4.28. The van der Waals surface area contributed by atoms with Crippen LogP contribution in [0, 0.1) is 5.92 Å². The molecule has 1 saturated heterocycles. The second-order valence-corrected chi connectivity index (χ2v) is 5.89. The molecule has 2 rings (SSSR count). The van der Waals surface area contributed by atoms with Gasteiger partial charge in [-0.25, -0.2) is 4.98 Å². The molecule has 1 aliphatic heterocycles. The van der Waals surface area contributed by atoms with Gasteiger partial charge in [-0.1, -0.05) is 6.07 Å². The maximum absolute atomic E-state index is 5.74. The fourth-order valence-electron chi connectivity index (χ4n) is 2.72. The Morgan fingerprint density at radius 3 is 2.71 bits per heavy atom. The highest BCUT2D eigenvalue weighted by Gasteiger charge is 2.17. The minimum Gasteiger partial charge on any atom is -0.383 e. The number of methoxy groups -OCH3 is 1. The van der Waals surface area contributed by atoms with Crippen molar-refractivity contribution in [1.29, 1.82) is 0 Å². The van der Waals surface area contributed by atoms with E-state index in [1.807, 2.05) is 13.2 Å². The molecule has 1 aliphatic rings. The number of likely N-dealkylation sites (tertiary alicyclic amines) is 1. The van der Waals surface area contributed by atoms with E-state index in [1.54, 1.807) is 7.11 Å². The van der Waals surface area contributed by atoms with Gasteiger partial charge in [-0.2, -0.15) is 0 Å². The fraction of sp³-hybridized carbons (Fsp3) is 0.688. The molecule has 118 valence electrons. The van der Waals surface area contributed by atoms with E-state index in [0.29, 0.717) is 0 Å². The molecule has 1 fully saturated rings. The summed E-state index contributed by atoms with van der Waals surface area (Å²) in [6.07, 6.45) is 4.44. The first-order chi connectivity index (χ1) is 10.2. The zero-order valence-electron chi connectivity index (χ0n) is 13.3. The molecule has 0 spiro atoms. The largest absolute Gasteiger partial charge is 0.383 e. The Labute approximate surface area is 128 Å². The maximum atomic E-state index is 5.74. The van der Waals surface area contributed by atoms with E-state index < -0.39 is 0 Å². The van der Waals surface area contributed by atoms with Crippen LogP contribution in [0.4, 0.5) is 5.82 Å². The number of pyridine rings is 1. The van der Waals surface area contributed by atoms with Crippen molar-refractivity contribution in [3.8, 4) is 0 Å². The van der Waals surface area contributed by atoms with Gasteiger partial charge in [0.1, 0.15) is 5.82 Å². The molecule has 0 aromatic carbocycles. The number of nitrogens with zero attached hydrogens (tertiary/aromatic N) is 3. The molecule has 5 heteroatoms. The summed E-state index contributed by atoms with van der Waals surface area (Å²) in [7, 11) is 3.76. The van der Waals surface area contributed by atoms with Gasteiger partial charge < -0.3 is 15.4 Å². The number of hydrogen-bond acceptors (Lipinski definition) is 5. The van der Waals surface area contributed by atoms with Crippen molar-refractivity contribution >= 4 is 5.82 Å². The highest BCUT2D eigenvalue weighted by molar-refractivity contribution is 5.38. The molecule has 0 radical (unpaired) electrons. The highest BCUT2D eigenvalue weighted by Crippen LogP contribution is 2.18. The molecule has 0 bridgehead atoms. The molecule has 0 saturated carbocycles. The number of nitrogens with two attached hydrogens (primary N) is 1. The zero-order valence-corrected chi connectivity index (χ0v) is 13.3. The van der Waals surface area contributed by atoms with Crippen LogP contribution in [0.25, 0.3) is 0 Å². The average molecular weight is 292 g/mol. The Bertz CT molecular complexity index is 401. The Morgan fingerprint density at radius 2 is 2.14 bits per heavy atom. The number of likely N-dealkylation sites (N-methyl/N-ethyl adjacent to an activating group) is 1. The smallest absolute Gasteiger partial charge is 0.128 e. The molecule has 2 heterocycles. The quantitative estimate of drug-likeness (QED) is 0.822. The second kappa shape index (κ2) is 8.32. The summed E-state index contributed by atoms with van der Waals surface area (Å²) in [4.78, 5) is 9.16. The highest BCUT2D eigenvalue weighted by atomic mass is 16.5. The Morgan fingerprint density at radius 1 is 1.38 bits per heavy atom. The number of anilines is 1. The Hall–Kier alpha value is -1.17. The van der Waals surface area contributed by atoms with Gasteiger partial charge in [-0.3, -0.25) is 4.90 Å². The molecular weight excluding hydrogens is 264 g/mol. The van der Waals surface area contributed by atoms with Crippen LogP contribution in [0.5, 0.6) is 0 Å². The van der Waals surface area contributed by atoms with Crippen molar-refractivity contribution in [3.63, 3.8) is 0 Å². The second-order valence-electron chi connectivity index (χ2n) is 5.89. The number of ether oxygens (including phenoxy) is 1. The van der Waals surface area contributed by atoms with Gasteiger partial charge in [-0.15, -0.1) is 0 Å². The average Bonchev–Trinajstić information content (AvgIpc) is 2.54. The van der Waals surface area contributed by atoms with E-state index in [-0.39, 0.29) is 0 Å². The van der Waals surface area contributed by atoms with Crippen LogP contribution in [0.3, 0.4) is 0 Å². The van der Waals surface area contributed by atoms with Gasteiger partial charge in [0.25, 0.3) is 0 Å². The van der Waals surface area contributed by atoms with E-state index in [9.17, 15) is 0 Å². The first kappa shape index (κ1) is 16.2. The lowest BCUT2D eigenvalue weighted by Crippen LogP contribution is -2.35. The fourth-order valence-corrected chi connectivity index (χ4v) is 2.72. The lowest BCUT2D eigenvalue weighted by molar-refractivity contribution is 0.180. The summed E-state index contributed by atoms with van der Waals surface area (Å²) >= 11 is 0. The summed E-state index contributed by atoms with van der Waals surface area (Å²) in [5.41, 5.74) is 7.02. The summed E-state index contributed by atoms with van der Waals surface area (Å²) in [6.45, 7) is 5.70. The van der Waals surface area contributed by atoms with Crippen LogP contribution in [-0.2, 0) is 11.3 Å². The molecule has 21 heavy (non-hydrogen) atoms. The normalized spacial score (nSPS) is 17.1. The third-order valence-electron chi connectivity index (χ3n) is 4.28. The van der Waals surface area contributed by atoms with Crippen molar-refractivity contribution in [2.45, 2.75) is 19.4 Å². The summed E-state index contributed by atoms with van der Waals surface area (Å²) < 4.78 is 5.09. The van der Waals surface area contributed by atoms with Crippen LogP contribution in [0.2, 0.25) is 0 Å². The minimum atomic E-state index is 0.718. The standard InChI is InChI=1S/C16H28N4O/c1-19(9-10-21-2)16-4-3-15(12-18-16)13-20-7-5-14(11-17)6-8-20/h3-4,12,14H,5-11,13,17H2,1-2H3. The number of hydrogen-bond donors (Lipinski definition) is 1. The molecule has 2 N–H and O–H groups in total. The summed E-state index contributed by atoms with van der Waals surface area (Å²) in [5, 5.41) is 0. The van der Waals surface area contributed by atoms with Crippen molar-refractivity contribution in [2.24, 2.45) is 11.7 Å². The SMILES string of the molecule is COCCN(C)c1ccc(CN2CCC(CN)CC2)cn1. The van der Waals surface area contributed by atoms with Gasteiger partial charge in [-0.05, 0) is 50.0 Å². The van der Waals surface area contributed by atoms with E-state index in [0.717, 1.165) is 51.1 Å². The molecule has 1 aromatic heterocycles. The third kappa shape index (κ3) is 4.95. The van der Waals surface area contributed by atoms with Crippen LogP contribution in [-0.4, -0.2) is 56.8 Å². The zero-order chi connectivity index (χ0) is 15.1. The predicted octanol–water partition coefficient (Wildman–Crippen LogP) is 1.33. The van der Waals surface area contributed by atoms with Gasteiger partial charge in [0.05, 0.1) is 6.61 Å². The van der Waals surface area contributed by atoms with Crippen LogP contribution < -0.4 is 10.6 Å². The van der Waals surface area contributed by atoms with E-state index >= 15 is 0 Å². The van der Waals surface area contributed by atoms with Gasteiger partial charge in [0, 0.05) is 33.4 Å².